The summed E-state index contributed by atoms with van der Waals surface area (Å²) < 4.78 is 19.0. The first-order valence-corrected chi connectivity index (χ1v) is 11.1. The van der Waals surface area contributed by atoms with E-state index in [1.54, 1.807) is 20.1 Å². The van der Waals surface area contributed by atoms with Gasteiger partial charge in [0.2, 0.25) is 11.2 Å². The summed E-state index contributed by atoms with van der Waals surface area (Å²) in [5.74, 6) is 0.538. The highest BCUT2D eigenvalue weighted by molar-refractivity contribution is 7.80. The van der Waals surface area contributed by atoms with E-state index in [0.29, 0.717) is 25.8 Å². The van der Waals surface area contributed by atoms with Gasteiger partial charge in [-0.3, -0.25) is 0 Å². The maximum Gasteiger partial charge on any atom is 0.203 e. The van der Waals surface area contributed by atoms with Crippen molar-refractivity contribution < 1.29 is 29.2 Å². The molecule has 0 rings (SSSR count). The number of hydrogen-bond acceptors (Lipinski definition) is 10. The minimum atomic E-state index is -0.907. The van der Waals surface area contributed by atoms with Crippen molar-refractivity contribution in [1.82, 2.24) is 0 Å². The maximum absolute atomic E-state index is 8.19. The summed E-state index contributed by atoms with van der Waals surface area (Å²) >= 11 is 14.8. The van der Waals surface area contributed by atoms with Gasteiger partial charge in [-0.05, 0) is 40.9 Å². The summed E-state index contributed by atoms with van der Waals surface area (Å²) in [4.78, 5) is 0. The van der Waals surface area contributed by atoms with Crippen LogP contribution < -0.4 is 0 Å². The van der Waals surface area contributed by atoms with E-state index < -0.39 is 5.62 Å². The van der Waals surface area contributed by atoms with Crippen molar-refractivity contribution in [1.29, 1.82) is 0 Å². The van der Waals surface area contributed by atoms with Gasteiger partial charge in [-0.25, -0.2) is 0 Å². The van der Waals surface area contributed by atoms with Crippen LogP contribution in [0.15, 0.2) is 0 Å². The quantitative estimate of drug-likeness (QED) is 0.205. The minimum absolute atomic E-state index is 0. The Morgan fingerprint density at radius 1 is 0.750 bits per heavy atom. The summed E-state index contributed by atoms with van der Waals surface area (Å²) in [6.45, 7) is 16.0. The fourth-order valence-corrected chi connectivity index (χ4v) is 1.20. The lowest BCUT2D eigenvalue weighted by molar-refractivity contribution is -0.0722. The lowest BCUT2D eigenvalue weighted by Crippen LogP contribution is -2.08. The number of ether oxygens (including phenoxy) is 4. The van der Waals surface area contributed by atoms with Crippen molar-refractivity contribution in [2.24, 2.45) is 0 Å². The summed E-state index contributed by atoms with van der Waals surface area (Å²) in [5.41, 5.74) is -1.25. The molecule has 1 atom stereocenters. The molecule has 0 radical (unpaired) electrons. The molecule has 0 saturated heterocycles. The van der Waals surface area contributed by atoms with Gasteiger partial charge in [0.1, 0.15) is 0 Å². The number of aliphatic hydroxyl groups excluding tert-OH is 2. The number of thiol groups is 4. The van der Waals surface area contributed by atoms with Gasteiger partial charge in [0.25, 0.3) is 0 Å². The Morgan fingerprint density at radius 2 is 1.04 bits per heavy atom. The second-order valence-electron chi connectivity index (χ2n) is 2.94. The van der Waals surface area contributed by atoms with E-state index in [-0.39, 0.29) is 27.1 Å². The highest BCUT2D eigenvalue weighted by Gasteiger charge is 1.96. The van der Waals surface area contributed by atoms with Gasteiger partial charge in [-0.15, -0.1) is 25.3 Å². The first-order chi connectivity index (χ1) is 12.4. The molecule has 6 nitrogen and oxygen atoms in total. The third-order valence-corrected chi connectivity index (χ3v) is 1.86. The molecule has 0 spiro atoms. The van der Waals surface area contributed by atoms with Crippen LogP contribution in [0.3, 0.4) is 0 Å². The number of hydrogen-bond donors (Lipinski definition) is 6. The summed E-state index contributed by atoms with van der Waals surface area (Å²) in [6, 6.07) is 0. The van der Waals surface area contributed by atoms with Crippen LogP contribution in [0.2, 0.25) is 0 Å². The molecule has 0 saturated carbocycles. The second-order valence-corrected chi connectivity index (χ2v) is 4.06. The van der Waals surface area contributed by atoms with E-state index in [1.807, 2.05) is 34.6 Å². The third-order valence-electron chi connectivity index (χ3n) is 1.23. The zero-order valence-corrected chi connectivity index (χ0v) is 21.3. The Kier molecular flexibility index (Phi) is 130. The summed E-state index contributed by atoms with van der Waals surface area (Å²) in [7, 11) is 0. The summed E-state index contributed by atoms with van der Waals surface area (Å²) in [5, 5.41) is 15.8. The third kappa shape index (κ3) is 126. The van der Waals surface area contributed by atoms with E-state index in [0.717, 1.165) is 6.61 Å². The standard InChI is InChI=1S/C5H12O2S.C3H8O2S.C3H8OS.C2H6O.C2H6.CH4S.2CH4/c1-3-6-5(8)7-4-2;1-2-5-3(4)6;1-2-4-3-5;1-2-3;2*1-2;;/h5,8H,3-4H2,1-2H3;3-4,6H,2H2,1H3;5H,2-3H2,1H3;3H,2H2,1H3;1-2H3;2H,1H3;2*1H4. The topological polar surface area (TPSA) is 77.4 Å². The number of rotatable bonds is 8. The fourth-order valence-electron chi connectivity index (χ4n) is 0.574. The van der Waals surface area contributed by atoms with Gasteiger partial charge in [0.05, 0.1) is 5.94 Å². The molecule has 0 aliphatic heterocycles. The molecule has 0 fully saturated rings. The molecule has 0 aliphatic rings. The monoisotopic (exact) mass is 492 g/mol. The Morgan fingerprint density at radius 3 is 1.11 bits per heavy atom. The molecule has 2 N–H and O–H groups in total. The predicted octanol–water partition coefficient (Wildman–Crippen LogP) is 5.25. The highest BCUT2D eigenvalue weighted by Crippen LogP contribution is 1.97. The molecular weight excluding hydrogens is 440 g/mol. The Labute approximate surface area is 199 Å². The van der Waals surface area contributed by atoms with Crippen molar-refractivity contribution >= 4 is 50.5 Å². The van der Waals surface area contributed by atoms with Crippen molar-refractivity contribution in [2.75, 3.05) is 45.2 Å². The lowest BCUT2D eigenvalue weighted by atomic mass is 10.9. The van der Waals surface area contributed by atoms with Crippen molar-refractivity contribution in [3.8, 4) is 0 Å². The van der Waals surface area contributed by atoms with Crippen molar-refractivity contribution in [2.45, 2.75) is 74.6 Å². The van der Waals surface area contributed by atoms with Crippen molar-refractivity contribution in [3.05, 3.63) is 0 Å². The van der Waals surface area contributed by atoms with Crippen LogP contribution in [0, 0.1) is 0 Å². The average Bonchev–Trinajstić information content (AvgIpc) is 2.61. The Balaban J connectivity index is -0.0000000303. The predicted molar refractivity (Wildman–Crippen MR) is 141 cm³/mol. The Bertz CT molecular complexity index is 154. The normalized spacial score (nSPS) is 8.68. The van der Waals surface area contributed by atoms with E-state index in [4.69, 9.17) is 24.4 Å². The number of aliphatic hydroxyl groups is 2. The molecule has 0 heterocycles. The van der Waals surface area contributed by atoms with Crippen molar-refractivity contribution in [3.63, 3.8) is 0 Å². The van der Waals surface area contributed by atoms with Gasteiger partial charge in [-0.1, -0.05) is 28.7 Å². The minimum Gasteiger partial charge on any atom is -0.397 e. The van der Waals surface area contributed by atoms with E-state index in [1.165, 1.54) is 0 Å². The zero-order valence-electron chi connectivity index (χ0n) is 17.7. The maximum atomic E-state index is 8.19. The molecule has 1 unspecified atom stereocenters. The SMILES string of the molecule is C.C.CC.CCO.CCOC(O)S.CCOC(S)OCC.CCOCS.CS. The van der Waals surface area contributed by atoms with Crippen LogP contribution in [0.4, 0.5) is 0 Å². The van der Waals surface area contributed by atoms with E-state index in [2.05, 4.69) is 55.3 Å². The van der Waals surface area contributed by atoms with Gasteiger partial charge in [0, 0.05) is 33.0 Å². The summed E-state index contributed by atoms with van der Waals surface area (Å²) in [6.07, 6.45) is 1.69. The first-order valence-electron chi connectivity index (χ1n) is 8.54. The second kappa shape index (κ2) is 70.5. The van der Waals surface area contributed by atoms with Gasteiger partial charge < -0.3 is 29.2 Å². The van der Waals surface area contributed by atoms with Crippen LogP contribution in [-0.2, 0) is 18.9 Å². The molecule has 184 valence electrons. The fraction of sp³-hybridized carbons (Fsp3) is 1.00. The molecule has 0 amide bonds. The molecular formula is C18H52O6S4. The molecule has 0 aliphatic carbocycles. The molecule has 10 heteroatoms. The highest BCUT2D eigenvalue weighted by atomic mass is 32.1. The van der Waals surface area contributed by atoms with Crippen LogP contribution in [0.5, 0.6) is 0 Å². The average molecular weight is 493 g/mol. The van der Waals surface area contributed by atoms with Crippen LogP contribution in [-0.4, -0.2) is 66.7 Å². The lowest BCUT2D eigenvalue weighted by Gasteiger charge is -2.08. The Hall–Kier alpha value is 1.16. The zero-order chi connectivity index (χ0) is 22.2. The van der Waals surface area contributed by atoms with Crippen LogP contribution in [0.1, 0.15) is 63.3 Å². The van der Waals surface area contributed by atoms with Crippen LogP contribution >= 0.6 is 50.5 Å². The van der Waals surface area contributed by atoms with Gasteiger partial charge in [0.15, 0.2) is 0 Å². The van der Waals surface area contributed by atoms with Gasteiger partial charge >= 0.3 is 0 Å². The molecule has 28 heavy (non-hydrogen) atoms. The smallest absolute Gasteiger partial charge is 0.203 e. The largest absolute Gasteiger partial charge is 0.397 e. The first kappa shape index (κ1) is 51.6. The van der Waals surface area contributed by atoms with Crippen LogP contribution in [0.25, 0.3) is 0 Å². The van der Waals surface area contributed by atoms with Gasteiger partial charge in [-0.2, -0.15) is 25.3 Å². The molecule has 0 aromatic rings. The molecule has 0 bridgehead atoms. The molecule has 0 aromatic heterocycles. The molecule has 0 aromatic carbocycles. The van der Waals surface area contributed by atoms with E-state index >= 15 is 0 Å². The van der Waals surface area contributed by atoms with E-state index in [9.17, 15) is 0 Å².